The smallest absolute Gasteiger partial charge is 0.123 e. The van der Waals surface area contributed by atoms with Crippen LogP contribution < -0.4 is 0 Å². The van der Waals surface area contributed by atoms with Crippen molar-refractivity contribution in [3.8, 4) is 34.5 Å². The van der Waals surface area contributed by atoms with Gasteiger partial charge in [0.15, 0.2) is 0 Å². The van der Waals surface area contributed by atoms with Gasteiger partial charge in [0, 0.05) is 46.9 Å². The molecule has 6 rings (SSSR count). The molecule has 4 aromatic rings. The maximum Gasteiger partial charge on any atom is 0.123 e. The first-order valence-electron chi connectivity index (χ1n) is 11.0. The average Bonchev–Trinajstić information content (AvgIpc) is 3.29. The minimum Gasteiger partial charge on any atom is -0.508 e. The van der Waals surface area contributed by atoms with Crippen molar-refractivity contribution in [1.29, 1.82) is 0 Å². The summed E-state index contributed by atoms with van der Waals surface area (Å²) in [5, 5.41) is 62.4. The topological polar surface area (TPSA) is 121 Å². The Hall–Kier alpha value is -4.32. The molecule has 6 N–H and O–H groups in total. The molecule has 4 aromatic carbocycles. The van der Waals surface area contributed by atoms with E-state index in [1.807, 2.05) is 0 Å². The van der Waals surface area contributed by atoms with E-state index in [9.17, 15) is 30.6 Å². The second kappa shape index (κ2) is 7.09. The summed E-state index contributed by atoms with van der Waals surface area (Å²) < 4.78 is 0. The number of benzene rings is 4. The molecular weight excluding hydrogens is 432 g/mol. The fraction of sp³-hybridized carbons (Fsp3) is 0.143. The summed E-state index contributed by atoms with van der Waals surface area (Å²) in [5.41, 5.74) is 4.58. The van der Waals surface area contributed by atoms with Gasteiger partial charge in [0.05, 0.1) is 0 Å². The van der Waals surface area contributed by atoms with E-state index < -0.39 is 0 Å². The molecule has 2 aliphatic carbocycles. The third-order valence-corrected chi connectivity index (χ3v) is 7.30. The number of hydrogen-bond acceptors (Lipinski definition) is 6. The lowest BCUT2D eigenvalue weighted by Crippen LogP contribution is -2.10. The van der Waals surface area contributed by atoms with Crippen LogP contribution in [0.25, 0.3) is 0 Å². The molecule has 0 aromatic heterocycles. The van der Waals surface area contributed by atoms with Crippen LogP contribution in [-0.4, -0.2) is 30.6 Å². The van der Waals surface area contributed by atoms with Crippen molar-refractivity contribution in [1.82, 2.24) is 0 Å². The lowest BCUT2D eigenvalue weighted by atomic mass is 9.79. The monoisotopic (exact) mass is 454 g/mol. The van der Waals surface area contributed by atoms with Crippen molar-refractivity contribution in [2.45, 2.75) is 23.7 Å². The minimum atomic E-state index is -0.344. The predicted octanol–water partition coefficient (Wildman–Crippen LogP) is 5.08. The number of hydrogen-bond donors (Lipinski definition) is 6. The van der Waals surface area contributed by atoms with Gasteiger partial charge in [-0.05, 0) is 58.7 Å². The molecule has 4 atom stereocenters. The van der Waals surface area contributed by atoms with Gasteiger partial charge >= 0.3 is 0 Å². The summed E-state index contributed by atoms with van der Waals surface area (Å²) >= 11 is 0. The summed E-state index contributed by atoms with van der Waals surface area (Å²) in [6.07, 6.45) is 0. The summed E-state index contributed by atoms with van der Waals surface area (Å²) in [5.74, 6) is -1.15. The normalized spacial score (nSPS) is 22.2. The van der Waals surface area contributed by atoms with Gasteiger partial charge in [-0.1, -0.05) is 24.3 Å². The minimum absolute atomic E-state index is 0.0298. The standard InChI is InChI=1S/C28H22O6/c29-15-5-1-13(2-6-15)23-25-19(9-17(31)11-21(25)33)28-24(14-3-7-16(30)8-4-14)26-20(27(23)28)10-18(32)12-22(26)34/h1-12,23-24,27-34H/t23?,24?,27-,28-/m1/s1. The lowest BCUT2D eigenvalue weighted by Gasteiger charge is -2.23. The molecule has 6 nitrogen and oxygen atoms in total. The van der Waals surface area contributed by atoms with Gasteiger partial charge in [-0.3, -0.25) is 0 Å². The Morgan fingerprint density at radius 1 is 0.412 bits per heavy atom. The number of fused-ring (bicyclic) bond motifs is 5. The summed E-state index contributed by atoms with van der Waals surface area (Å²) in [4.78, 5) is 0. The van der Waals surface area contributed by atoms with Crippen molar-refractivity contribution >= 4 is 0 Å². The third-order valence-electron chi connectivity index (χ3n) is 7.30. The van der Waals surface area contributed by atoms with E-state index in [4.69, 9.17) is 0 Å². The molecule has 6 heteroatoms. The number of phenols is 6. The van der Waals surface area contributed by atoms with Crippen LogP contribution in [0.15, 0.2) is 72.8 Å². The van der Waals surface area contributed by atoms with E-state index in [1.165, 1.54) is 12.1 Å². The van der Waals surface area contributed by atoms with Gasteiger partial charge in [-0.15, -0.1) is 0 Å². The van der Waals surface area contributed by atoms with E-state index in [1.54, 1.807) is 60.7 Å². The van der Waals surface area contributed by atoms with Crippen LogP contribution in [0.1, 0.15) is 57.1 Å². The van der Waals surface area contributed by atoms with Crippen LogP contribution in [-0.2, 0) is 0 Å². The molecule has 0 saturated heterocycles. The zero-order valence-electron chi connectivity index (χ0n) is 17.9. The molecule has 34 heavy (non-hydrogen) atoms. The first kappa shape index (κ1) is 20.3. The molecule has 2 unspecified atom stereocenters. The van der Waals surface area contributed by atoms with E-state index in [-0.39, 0.29) is 58.2 Å². The molecule has 0 aliphatic heterocycles. The number of rotatable bonds is 2. The second-order valence-electron chi connectivity index (χ2n) is 9.13. The molecule has 0 radical (unpaired) electrons. The fourth-order valence-electron chi connectivity index (χ4n) is 6.15. The first-order valence-corrected chi connectivity index (χ1v) is 11.0. The summed E-state index contributed by atoms with van der Waals surface area (Å²) in [6, 6.07) is 19.5. The van der Waals surface area contributed by atoms with Crippen LogP contribution in [0.4, 0.5) is 0 Å². The Balaban J connectivity index is 1.67. The Morgan fingerprint density at radius 3 is 1.12 bits per heavy atom. The van der Waals surface area contributed by atoms with Gasteiger partial charge < -0.3 is 30.6 Å². The number of phenolic OH excluding ortho intramolecular Hbond substituents is 6. The maximum absolute atomic E-state index is 11.0. The van der Waals surface area contributed by atoms with Crippen molar-refractivity contribution in [2.75, 3.05) is 0 Å². The van der Waals surface area contributed by atoms with Crippen LogP contribution in [0.3, 0.4) is 0 Å². The van der Waals surface area contributed by atoms with Crippen LogP contribution >= 0.6 is 0 Å². The van der Waals surface area contributed by atoms with Crippen molar-refractivity contribution < 1.29 is 30.6 Å². The van der Waals surface area contributed by atoms with Crippen LogP contribution in [0.2, 0.25) is 0 Å². The highest BCUT2D eigenvalue weighted by molar-refractivity contribution is 5.68. The molecule has 170 valence electrons. The molecule has 2 aliphatic rings. The van der Waals surface area contributed by atoms with E-state index in [0.717, 1.165) is 22.3 Å². The number of aromatic hydroxyl groups is 6. The van der Waals surface area contributed by atoms with E-state index in [0.29, 0.717) is 11.1 Å². The predicted molar refractivity (Wildman–Crippen MR) is 125 cm³/mol. The molecule has 0 spiro atoms. The highest BCUT2D eigenvalue weighted by atomic mass is 16.3. The van der Waals surface area contributed by atoms with Gasteiger partial charge in [-0.2, -0.15) is 0 Å². The highest BCUT2D eigenvalue weighted by Crippen LogP contribution is 2.69. The Morgan fingerprint density at radius 2 is 0.765 bits per heavy atom. The Kier molecular flexibility index (Phi) is 4.23. The van der Waals surface area contributed by atoms with Crippen molar-refractivity contribution in [3.05, 3.63) is 106 Å². The van der Waals surface area contributed by atoms with Gasteiger partial charge in [0.25, 0.3) is 0 Å². The Labute approximate surface area is 195 Å². The summed E-state index contributed by atoms with van der Waals surface area (Å²) in [7, 11) is 0. The van der Waals surface area contributed by atoms with E-state index >= 15 is 0 Å². The third kappa shape index (κ3) is 2.81. The quantitative estimate of drug-likeness (QED) is 0.251. The zero-order chi connectivity index (χ0) is 23.7. The zero-order valence-corrected chi connectivity index (χ0v) is 17.9. The van der Waals surface area contributed by atoms with Crippen molar-refractivity contribution in [2.24, 2.45) is 0 Å². The molecule has 0 amide bonds. The molecule has 0 fully saturated rings. The summed E-state index contributed by atoms with van der Waals surface area (Å²) in [6.45, 7) is 0. The second-order valence-corrected chi connectivity index (χ2v) is 9.13. The highest BCUT2D eigenvalue weighted by Gasteiger charge is 2.54. The largest absolute Gasteiger partial charge is 0.508 e. The lowest BCUT2D eigenvalue weighted by molar-refractivity contribution is 0.443. The molecule has 0 heterocycles. The average molecular weight is 454 g/mol. The molecular formula is C28H22O6. The maximum atomic E-state index is 11.0. The SMILES string of the molecule is Oc1ccc(C2c3c(O)cc(O)cc3[C@@H]3C(c4ccc(O)cc4)c4c(O)cc(O)cc4[C@H]23)cc1. The molecule has 0 saturated carbocycles. The van der Waals surface area contributed by atoms with Crippen molar-refractivity contribution in [3.63, 3.8) is 0 Å². The molecule has 0 bridgehead atoms. The Bertz CT molecular complexity index is 1310. The van der Waals surface area contributed by atoms with Gasteiger partial charge in [0.1, 0.15) is 34.5 Å². The van der Waals surface area contributed by atoms with Crippen LogP contribution in [0, 0.1) is 0 Å². The van der Waals surface area contributed by atoms with Gasteiger partial charge in [0.2, 0.25) is 0 Å². The van der Waals surface area contributed by atoms with Gasteiger partial charge in [-0.25, -0.2) is 0 Å². The van der Waals surface area contributed by atoms with E-state index in [2.05, 4.69) is 0 Å². The fourth-order valence-corrected chi connectivity index (χ4v) is 6.15. The van der Waals surface area contributed by atoms with Crippen LogP contribution in [0.5, 0.6) is 34.5 Å². The first-order chi connectivity index (χ1) is 16.3.